The molecule has 2 nitrogen and oxygen atoms in total. The molecule has 0 aromatic rings. The standard InChI is InChI=1S/C9H16F2O2/c1-7(2,3)9(10,11)8(4,5)6(12)13/h1-5H3,(H,12,13). The summed E-state index contributed by atoms with van der Waals surface area (Å²) in [6.45, 7) is 6.08. The van der Waals surface area contributed by atoms with Crippen LogP contribution in [0.3, 0.4) is 0 Å². The lowest BCUT2D eigenvalue weighted by Gasteiger charge is -2.39. The van der Waals surface area contributed by atoms with E-state index in [0.717, 1.165) is 13.8 Å². The second-order valence-electron chi connectivity index (χ2n) is 4.75. The number of carbonyl (C=O) groups is 1. The fourth-order valence-electron chi connectivity index (χ4n) is 1.07. The van der Waals surface area contributed by atoms with Crippen molar-refractivity contribution in [3.63, 3.8) is 0 Å². The van der Waals surface area contributed by atoms with Crippen LogP contribution in [0.5, 0.6) is 0 Å². The van der Waals surface area contributed by atoms with Gasteiger partial charge in [0, 0.05) is 5.41 Å². The number of carboxylic acid groups (broad SMARTS) is 1. The first-order valence-corrected chi connectivity index (χ1v) is 4.06. The molecule has 0 amide bonds. The van der Waals surface area contributed by atoms with E-state index in [-0.39, 0.29) is 0 Å². The zero-order valence-electron chi connectivity index (χ0n) is 8.61. The van der Waals surface area contributed by atoms with Gasteiger partial charge in [-0.3, -0.25) is 4.79 Å². The lowest BCUT2D eigenvalue weighted by molar-refractivity contribution is -0.201. The molecule has 0 aromatic heterocycles. The zero-order valence-corrected chi connectivity index (χ0v) is 8.61. The molecule has 1 N–H and O–H groups in total. The molecule has 0 aliphatic carbocycles. The van der Waals surface area contributed by atoms with Gasteiger partial charge in [0.05, 0.1) is 0 Å². The van der Waals surface area contributed by atoms with Gasteiger partial charge >= 0.3 is 5.97 Å². The first-order valence-electron chi connectivity index (χ1n) is 4.06. The fourth-order valence-corrected chi connectivity index (χ4v) is 1.07. The molecule has 0 saturated carbocycles. The maximum atomic E-state index is 13.6. The van der Waals surface area contributed by atoms with Crippen molar-refractivity contribution in [1.29, 1.82) is 0 Å². The number of halogens is 2. The highest BCUT2D eigenvalue weighted by Gasteiger charge is 2.59. The smallest absolute Gasteiger partial charge is 0.315 e. The number of alkyl halides is 2. The van der Waals surface area contributed by atoms with Crippen molar-refractivity contribution in [2.75, 3.05) is 0 Å². The quantitative estimate of drug-likeness (QED) is 0.733. The van der Waals surface area contributed by atoms with Gasteiger partial charge in [-0.15, -0.1) is 0 Å². The summed E-state index contributed by atoms with van der Waals surface area (Å²) in [7, 11) is 0. The van der Waals surface area contributed by atoms with E-state index >= 15 is 0 Å². The van der Waals surface area contributed by atoms with Gasteiger partial charge in [-0.1, -0.05) is 20.8 Å². The molecule has 0 aliphatic rings. The summed E-state index contributed by atoms with van der Waals surface area (Å²) in [4.78, 5) is 10.6. The molecule has 4 heteroatoms. The minimum atomic E-state index is -3.24. The van der Waals surface area contributed by atoms with Gasteiger partial charge in [-0.25, -0.2) is 8.78 Å². The van der Waals surface area contributed by atoms with Crippen LogP contribution in [0.15, 0.2) is 0 Å². The van der Waals surface area contributed by atoms with Crippen molar-refractivity contribution in [2.45, 2.75) is 40.5 Å². The van der Waals surface area contributed by atoms with Gasteiger partial charge < -0.3 is 5.11 Å². The summed E-state index contributed by atoms with van der Waals surface area (Å²) in [5.41, 5.74) is -3.39. The van der Waals surface area contributed by atoms with E-state index < -0.39 is 22.7 Å². The van der Waals surface area contributed by atoms with E-state index in [2.05, 4.69) is 0 Å². The van der Waals surface area contributed by atoms with Crippen molar-refractivity contribution in [3.05, 3.63) is 0 Å². The monoisotopic (exact) mass is 194 g/mol. The van der Waals surface area contributed by atoms with Gasteiger partial charge in [-0.05, 0) is 13.8 Å². The maximum Gasteiger partial charge on any atom is 0.315 e. The van der Waals surface area contributed by atoms with Crippen LogP contribution in [0.4, 0.5) is 8.78 Å². The Balaban J connectivity index is 5.16. The summed E-state index contributed by atoms with van der Waals surface area (Å²) < 4.78 is 27.2. The van der Waals surface area contributed by atoms with E-state index in [1.165, 1.54) is 20.8 Å². The average molecular weight is 194 g/mol. The maximum absolute atomic E-state index is 13.6. The third-order valence-corrected chi connectivity index (χ3v) is 2.26. The van der Waals surface area contributed by atoms with Gasteiger partial charge in [0.2, 0.25) is 0 Å². The molecule has 0 aliphatic heterocycles. The average Bonchev–Trinajstić information content (AvgIpc) is 1.84. The van der Waals surface area contributed by atoms with Crippen molar-refractivity contribution in [3.8, 4) is 0 Å². The topological polar surface area (TPSA) is 37.3 Å². The summed E-state index contributed by atoms with van der Waals surface area (Å²) in [5, 5.41) is 8.66. The van der Waals surface area contributed by atoms with Gasteiger partial charge in [0.1, 0.15) is 5.41 Å². The van der Waals surface area contributed by atoms with E-state index in [1.807, 2.05) is 0 Å². The highest BCUT2D eigenvalue weighted by atomic mass is 19.3. The van der Waals surface area contributed by atoms with E-state index in [0.29, 0.717) is 0 Å². The number of aliphatic carboxylic acids is 1. The summed E-state index contributed by atoms with van der Waals surface area (Å²) in [6.07, 6.45) is 0. The first kappa shape index (κ1) is 12.3. The van der Waals surface area contributed by atoms with E-state index in [4.69, 9.17) is 5.11 Å². The molecule has 0 unspecified atom stereocenters. The highest BCUT2D eigenvalue weighted by Crippen LogP contribution is 2.48. The van der Waals surface area contributed by atoms with Crippen LogP contribution in [0.1, 0.15) is 34.6 Å². The number of rotatable bonds is 2. The predicted octanol–water partition coefficient (Wildman–Crippen LogP) is 2.78. The Morgan fingerprint density at radius 3 is 1.46 bits per heavy atom. The molecular formula is C9H16F2O2. The van der Waals surface area contributed by atoms with Crippen LogP contribution in [0.25, 0.3) is 0 Å². The Morgan fingerprint density at radius 1 is 1.08 bits per heavy atom. The molecule has 13 heavy (non-hydrogen) atoms. The number of carboxylic acids is 1. The van der Waals surface area contributed by atoms with Gasteiger partial charge in [0.25, 0.3) is 5.92 Å². The van der Waals surface area contributed by atoms with Crippen LogP contribution < -0.4 is 0 Å². The normalized spacial score (nSPS) is 14.4. The molecule has 0 spiro atoms. The Bertz CT molecular complexity index is 214. The van der Waals surface area contributed by atoms with Crippen LogP contribution in [0.2, 0.25) is 0 Å². The van der Waals surface area contributed by atoms with Crippen LogP contribution in [0, 0.1) is 10.8 Å². The lowest BCUT2D eigenvalue weighted by Crippen LogP contribution is -2.51. The number of hydrogen-bond acceptors (Lipinski definition) is 1. The third kappa shape index (κ3) is 1.81. The van der Waals surface area contributed by atoms with E-state index in [1.54, 1.807) is 0 Å². The summed E-state index contributed by atoms with van der Waals surface area (Å²) in [6, 6.07) is 0. The second kappa shape index (κ2) is 2.93. The molecule has 0 rings (SSSR count). The molecule has 0 radical (unpaired) electrons. The highest BCUT2D eigenvalue weighted by molar-refractivity contribution is 5.75. The molecule has 0 heterocycles. The molecular weight excluding hydrogens is 178 g/mol. The van der Waals surface area contributed by atoms with Crippen molar-refractivity contribution in [1.82, 2.24) is 0 Å². The molecule has 0 fully saturated rings. The summed E-state index contributed by atoms with van der Waals surface area (Å²) in [5.74, 6) is -4.72. The van der Waals surface area contributed by atoms with E-state index in [9.17, 15) is 13.6 Å². The summed E-state index contributed by atoms with van der Waals surface area (Å²) >= 11 is 0. The SMILES string of the molecule is CC(C)(C)C(F)(F)C(C)(C)C(=O)O. The molecule has 0 saturated heterocycles. The van der Waals surface area contributed by atoms with Crippen molar-refractivity contribution < 1.29 is 18.7 Å². The zero-order chi connectivity index (χ0) is 11.1. The Morgan fingerprint density at radius 2 is 1.38 bits per heavy atom. The Kier molecular flexibility index (Phi) is 2.77. The van der Waals surface area contributed by atoms with Crippen LogP contribution in [-0.4, -0.2) is 17.0 Å². The van der Waals surface area contributed by atoms with Crippen LogP contribution >= 0.6 is 0 Å². The first-order chi connectivity index (χ1) is 5.44. The van der Waals surface area contributed by atoms with Gasteiger partial charge in [-0.2, -0.15) is 0 Å². The Hall–Kier alpha value is -0.670. The second-order valence-corrected chi connectivity index (χ2v) is 4.75. The lowest BCUT2D eigenvalue weighted by atomic mass is 9.72. The van der Waals surface area contributed by atoms with Crippen molar-refractivity contribution >= 4 is 5.97 Å². The molecule has 78 valence electrons. The Labute approximate surface area is 76.9 Å². The minimum absolute atomic E-state index is 1.04. The minimum Gasteiger partial charge on any atom is -0.481 e. The molecule has 0 bridgehead atoms. The van der Waals surface area contributed by atoms with Crippen LogP contribution in [-0.2, 0) is 4.79 Å². The molecule has 0 aromatic carbocycles. The fraction of sp³-hybridized carbons (Fsp3) is 0.889. The largest absolute Gasteiger partial charge is 0.481 e. The number of hydrogen-bond donors (Lipinski definition) is 1. The van der Waals surface area contributed by atoms with Gasteiger partial charge in [0.15, 0.2) is 0 Å². The molecule has 0 atom stereocenters. The third-order valence-electron chi connectivity index (χ3n) is 2.26. The predicted molar refractivity (Wildman–Crippen MR) is 45.8 cm³/mol. The van der Waals surface area contributed by atoms with Crippen molar-refractivity contribution in [2.24, 2.45) is 10.8 Å².